The number of esters is 1. The Balaban J connectivity index is 2.96. The van der Waals surface area contributed by atoms with Crippen molar-refractivity contribution in [2.45, 2.75) is 13.3 Å². The minimum atomic E-state index is -0.387. The van der Waals surface area contributed by atoms with Gasteiger partial charge in [-0.25, -0.2) is 4.79 Å². The van der Waals surface area contributed by atoms with Crippen LogP contribution < -0.4 is 0 Å². The Morgan fingerprint density at radius 1 is 1.43 bits per heavy atom. The highest BCUT2D eigenvalue weighted by molar-refractivity contribution is 5.88. The SMILES string of the molecule is COC(=O)c1ccc(CC(C)=O)n1C. The van der Waals surface area contributed by atoms with E-state index in [4.69, 9.17) is 0 Å². The van der Waals surface area contributed by atoms with E-state index in [9.17, 15) is 9.59 Å². The topological polar surface area (TPSA) is 48.3 Å². The van der Waals surface area contributed by atoms with Gasteiger partial charge in [0.05, 0.1) is 7.11 Å². The molecule has 0 spiro atoms. The number of nitrogens with zero attached hydrogens (tertiary/aromatic N) is 1. The zero-order valence-electron chi connectivity index (χ0n) is 8.53. The second-order valence-electron chi connectivity index (χ2n) is 3.14. The molecule has 14 heavy (non-hydrogen) atoms. The highest BCUT2D eigenvalue weighted by Crippen LogP contribution is 2.09. The molecule has 0 saturated heterocycles. The van der Waals surface area contributed by atoms with Crippen molar-refractivity contribution in [3.63, 3.8) is 0 Å². The number of rotatable bonds is 3. The van der Waals surface area contributed by atoms with Crippen LogP contribution in [0.2, 0.25) is 0 Å². The normalized spacial score (nSPS) is 9.93. The molecular weight excluding hydrogens is 182 g/mol. The summed E-state index contributed by atoms with van der Waals surface area (Å²) in [4.78, 5) is 22.1. The van der Waals surface area contributed by atoms with Crippen LogP contribution in [0.3, 0.4) is 0 Å². The maximum Gasteiger partial charge on any atom is 0.354 e. The molecule has 0 bridgehead atoms. The molecule has 76 valence electrons. The van der Waals surface area contributed by atoms with Gasteiger partial charge >= 0.3 is 5.97 Å². The minimum Gasteiger partial charge on any atom is -0.464 e. The van der Waals surface area contributed by atoms with Gasteiger partial charge in [-0.2, -0.15) is 0 Å². The summed E-state index contributed by atoms with van der Waals surface area (Å²) in [5.41, 5.74) is 1.28. The Hall–Kier alpha value is -1.58. The summed E-state index contributed by atoms with van der Waals surface area (Å²) in [5.74, 6) is -0.315. The number of aromatic nitrogens is 1. The van der Waals surface area contributed by atoms with Crippen LogP contribution in [0.15, 0.2) is 12.1 Å². The Morgan fingerprint density at radius 3 is 2.57 bits per heavy atom. The van der Waals surface area contributed by atoms with Crippen LogP contribution in [0.25, 0.3) is 0 Å². The van der Waals surface area contributed by atoms with Crippen molar-refractivity contribution in [2.24, 2.45) is 7.05 Å². The van der Waals surface area contributed by atoms with Crippen LogP contribution in [-0.4, -0.2) is 23.4 Å². The first kappa shape index (κ1) is 10.5. The number of carbonyl (C=O) groups is 2. The summed E-state index contributed by atoms with van der Waals surface area (Å²) < 4.78 is 6.26. The average molecular weight is 195 g/mol. The van der Waals surface area contributed by atoms with E-state index in [0.29, 0.717) is 12.1 Å². The monoisotopic (exact) mass is 195 g/mol. The predicted molar refractivity (Wildman–Crippen MR) is 51.1 cm³/mol. The summed E-state index contributed by atoms with van der Waals surface area (Å²) in [6.45, 7) is 1.52. The Labute approximate surface area is 82.5 Å². The highest BCUT2D eigenvalue weighted by Gasteiger charge is 2.12. The van der Waals surface area contributed by atoms with E-state index < -0.39 is 0 Å². The molecule has 0 N–H and O–H groups in total. The van der Waals surface area contributed by atoms with Gasteiger partial charge in [-0.3, -0.25) is 4.79 Å². The van der Waals surface area contributed by atoms with Gasteiger partial charge in [0, 0.05) is 19.2 Å². The number of Topliss-reactive ketones (excluding diaryl/α,β-unsaturated/α-hetero) is 1. The molecule has 4 heteroatoms. The standard InChI is InChI=1S/C10H13NO3/c1-7(12)6-8-4-5-9(11(8)2)10(13)14-3/h4-5H,6H2,1-3H3. The number of carbonyl (C=O) groups excluding carboxylic acids is 2. The van der Waals surface area contributed by atoms with Crippen LogP contribution in [0.4, 0.5) is 0 Å². The third kappa shape index (κ3) is 2.02. The molecule has 1 aromatic heterocycles. The maximum atomic E-state index is 11.2. The zero-order valence-corrected chi connectivity index (χ0v) is 8.53. The Kier molecular flexibility index (Phi) is 3.06. The van der Waals surface area contributed by atoms with Gasteiger partial charge in [0.25, 0.3) is 0 Å². The Morgan fingerprint density at radius 2 is 2.07 bits per heavy atom. The second-order valence-corrected chi connectivity index (χ2v) is 3.14. The Bertz CT molecular complexity index is 365. The number of hydrogen-bond donors (Lipinski definition) is 0. The molecule has 0 radical (unpaired) electrons. The summed E-state index contributed by atoms with van der Waals surface area (Å²) in [5, 5.41) is 0. The predicted octanol–water partition coefficient (Wildman–Crippen LogP) is 0.943. The molecule has 4 nitrogen and oxygen atoms in total. The fourth-order valence-corrected chi connectivity index (χ4v) is 1.30. The number of ether oxygens (including phenoxy) is 1. The van der Waals surface area contributed by atoms with E-state index in [1.165, 1.54) is 14.0 Å². The third-order valence-corrected chi connectivity index (χ3v) is 2.05. The largest absolute Gasteiger partial charge is 0.464 e. The zero-order chi connectivity index (χ0) is 10.7. The molecule has 0 amide bonds. The molecule has 0 unspecified atom stereocenters. The highest BCUT2D eigenvalue weighted by atomic mass is 16.5. The molecule has 0 aliphatic rings. The first-order chi connectivity index (χ1) is 6.56. The van der Waals surface area contributed by atoms with Gasteiger partial charge in [0.2, 0.25) is 0 Å². The lowest BCUT2D eigenvalue weighted by Gasteiger charge is -2.04. The van der Waals surface area contributed by atoms with Gasteiger partial charge in [-0.15, -0.1) is 0 Å². The lowest BCUT2D eigenvalue weighted by atomic mass is 10.2. The minimum absolute atomic E-state index is 0.0719. The lowest BCUT2D eigenvalue weighted by molar-refractivity contribution is -0.116. The molecule has 0 fully saturated rings. The van der Waals surface area contributed by atoms with E-state index in [0.717, 1.165) is 5.69 Å². The van der Waals surface area contributed by atoms with E-state index in [1.54, 1.807) is 23.7 Å². The summed E-state index contributed by atoms with van der Waals surface area (Å²) in [6, 6.07) is 3.41. The summed E-state index contributed by atoms with van der Waals surface area (Å²) in [6.07, 6.45) is 0.341. The van der Waals surface area contributed by atoms with Crippen LogP contribution >= 0.6 is 0 Å². The average Bonchev–Trinajstić information content (AvgIpc) is 2.46. The summed E-state index contributed by atoms with van der Waals surface area (Å²) >= 11 is 0. The molecule has 0 atom stereocenters. The van der Waals surface area contributed by atoms with E-state index in [2.05, 4.69) is 4.74 Å². The van der Waals surface area contributed by atoms with Crippen LogP contribution in [-0.2, 0) is 23.0 Å². The van der Waals surface area contributed by atoms with Crippen molar-refractivity contribution in [3.05, 3.63) is 23.5 Å². The first-order valence-electron chi connectivity index (χ1n) is 4.28. The summed E-state index contributed by atoms with van der Waals surface area (Å²) in [7, 11) is 3.07. The van der Waals surface area contributed by atoms with Gasteiger partial charge < -0.3 is 9.30 Å². The lowest BCUT2D eigenvalue weighted by Crippen LogP contribution is -2.10. The van der Waals surface area contributed by atoms with Crippen molar-refractivity contribution < 1.29 is 14.3 Å². The van der Waals surface area contributed by atoms with Crippen LogP contribution in [0.1, 0.15) is 23.1 Å². The molecule has 1 heterocycles. The van der Waals surface area contributed by atoms with Crippen molar-refractivity contribution in [3.8, 4) is 0 Å². The quantitative estimate of drug-likeness (QED) is 0.674. The number of methoxy groups -OCH3 is 1. The fourth-order valence-electron chi connectivity index (χ4n) is 1.30. The smallest absolute Gasteiger partial charge is 0.354 e. The van der Waals surface area contributed by atoms with Crippen molar-refractivity contribution in [2.75, 3.05) is 7.11 Å². The van der Waals surface area contributed by atoms with Crippen LogP contribution in [0, 0.1) is 0 Å². The maximum absolute atomic E-state index is 11.2. The molecule has 0 aliphatic heterocycles. The second kappa shape index (κ2) is 4.09. The van der Waals surface area contributed by atoms with E-state index in [1.807, 2.05) is 0 Å². The molecule has 1 rings (SSSR count). The molecule has 0 aliphatic carbocycles. The number of ketones is 1. The molecule has 0 aromatic carbocycles. The van der Waals surface area contributed by atoms with Crippen molar-refractivity contribution in [1.29, 1.82) is 0 Å². The van der Waals surface area contributed by atoms with E-state index in [-0.39, 0.29) is 11.8 Å². The molecule has 1 aromatic rings. The van der Waals surface area contributed by atoms with E-state index >= 15 is 0 Å². The first-order valence-corrected chi connectivity index (χ1v) is 4.28. The molecular formula is C10H13NO3. The van der Waals surface area contributed by atoms with Gasteiger partial charge in [0.15, 0.2) is 0 Å². The van der Waals surface area contributed by atoms with Gasteiger partial charge in [-0.1, -0.05) is 0 Å². The van der Waals surface area contributed by atoms with Gasteiger partial charge in [-0.05, 0) is 19.1 Å². The van der Waals surface area contributed by atoms with Gasteiger partial charge in [0.1, 0.15) is 11.5 Å². The third-order valence-electron chi connectivity index (χ3n) is 2.05. The fraction of sp³-hybridized carbons (Fsp3) is 0.400. The number of hydrogen-bond acceptors (Lipinski definition) is 3. The van der Waals surface area contributed by atoms with Crippen molar-refractivity contribution >= 4 is 11.8 Å². The molecule has 0 saturated carbocycles. The van der Waals surface area contributed by atoms with Crippen molar-refractivity contribution in [1.82, 2.24) is 4.57 Å². The van der Waals surface area contributed by atoms with Crippen LogP contribution in [0.5, 0.6) is 0 Å².